The van der Waals surface area contributed by atoms with Gasteiger partial charge in [0, 0.05) is 5.92 Å². The molecule has 0 saturated carbocycles. The van der Waals surface area contributed by atoms with Crippen LogP contribution in [0.3, 0.4) is 0 Å². The lowest BCUT2D eigenvalue weighted by Crippen LogP contribution is -2.33. The fraction of sp³-hybridized carbons (Fsp3) is 0.800. The van der Waals surface area contributed by atoms with Gasteiger partial charge in [-0.1, -0.05) is 27.7 Å². The minimum Gasteiger partial charge on any atom is -0.312 e. The van der Waals surface area contributed by atoms with Gasteiger partial charge in [0.15, 0.2) is 0 Å². The summed E-state index contributed by atoms with van der Waals surface area (Å²) in [6.07, 6.45) is 1.02. The molecule has 0 aromatic heterocycles. The first-order valence-electron chi connectivity index (χ1n) is 4.94. The van der Waals surface area contributed by atoms with Crippen LogP contribution in [0.1, 0.15) is 34.1 Å². The summed E-state index contributed by atoms with van der Waals surface area (Å²) in [6.45, 7) is 8.23. The topological polar surface area (TPSA) is 41.5 Å². The van der Waals surface area contributed by atoms with Gasteiger partial charge in [-0.3, -0.25) is 9.79 Å². The zero-order valence-electron chi connectivity index (χ0n) is 8.79. The van der Waals surface area contributed by atoms with Gasteiger partial charge in [-0.15, -0.1) is 0 Å². The largest absolute Gasteiger partial charge is 0.312 e. The van der Waals surface area contributed by atoms with Gasteiger partial charge in [-0.05, 0) is 12.3 Å². The highest BCUT2D eigenvalue weighted by Crippen LogP contribution is 2.15. The maximum Gasteiger partial charge on any atom is 0.250 e. The summed E-state index contributed by atoms with van der Waals surface area (Å²) in [4.78, 5) is 15.8. The van der Waals surface area contributed by atoms with E-state index in [-0.39, 0.29) is 11.9 Å². The van der Waals surface area contributed by atoms with Crippen molar-refractivity contribution in [2.24, 2.45) is 16.8 Å². The number of nitrogens with one attached hydrogen (secondary N) is 1. The summed E-state index contributed by atoms with van der Waals surface area (Å²) in [5.41, 5.74) is 0. The zero-order chi connectivity index (χ0) is 10.0. The van der Waals surface area contributed by atoms with Gasteiger partial charge in [-0.25, -0.2) is 0 Å². The molecule has 0 spiro atoms. The van der Waals surface area contributed by atoms with Gasteiger partial charge in [0.25, 0.3) is 0 Å². The number of amidine groups is 1. The molecule has 1 N–H and O–H groups in total. The summed E-state index contributed by atoms with van der Waals surface area (Å²) >= 11 is 0. The first-order valence-corrected chi connectivity index (χ1v) is 4.94. The first kappa shape index (κ1) is 10.2. The molecule has 0 bridgehead atoms. The van der Waals surface area contributed by atoms with Gasteiger partial charge in [-0.2, -0.15) is 0 Å². The number of hydrogen-bond acceptors (Lipinski definition) is 2. The van der Waals surface area contributed by atoms with Gasteiger partial charge >= 0.3 is 0 Å². The van der Waals surface area contributed by atoms with Crippen LogP contribution in [0.25, 0.3) is 0 Å². The van der Waals surface area contributed by atoms with Crippen molar-refractivity contribution in [1.82, 2.24) is 5.32 Å². The molecule has 13 heavy (non-hydrogen) atoms. The third kappa shape index (κ3) is 2.08. The predicted molar refractivity (Wildman–Crippen MR) is 53.7 cm³/mol. The lowest BCUT2D eigenvalue weighted by Gasteiger charge is -2.06. The van der Waals surface area contributed by atoms with Crippen molar-refractivity contribution >= 4 is 11.7 Å². The Morgan fingerprint density at radius 3 is 2.46 bits per heavy atom. The Kier molecular flexibility index (Phi) is 3.07. The molecule has 0 fully saturated rings. The van der Waals surface area contributed by atoms with E-state index in [2.05, 4.69) is 24.2 Å². The Bertz CT molecular complexity index is 233. The number of aliphatic imine (C=N–C) groups is 1. The SMILES string of the molecule is CCC(C)C1=NC(C(C)C)C(=O)N1. The van der Waals surface area contributed by atoms with Crippen LogP contribution in [0.15, 0.2) is 4.99 Å². The molecule has 0 aromatic rings. The molecule has 1 aliphatic heterocycles. The number of hydrogen-bond donors (Lipinski definition) is 1. The smallest absolute Gasteiger partial charge is 0.250 e. The minimum absolute atomic E-state index is 0.0605. The third-order valence-electron chi connectivity index (χ3n) is 2.51. The minimum atomic E-state index is -0.163. The fourth-order valence-electron chi connectivity index (χ4n) is 1.34. The molecule has 1 aliphatic rings. The van der Waals surface area contributed by atoms with E-state index in [4.69, 9.17) is 0 Å². The van der Waals surface area contributed by atoms with Crippen LogP contribution >= 0.6 is 0 Å². The zero-order valence-corrected chi connectivity index (χ0v) is 8.79. The molecule has 0 aliphatic carbocycles. The molecule has 1 heterocycles. The van der Waals surface area contributed by atoms with Gasteiger partial charge in [0.1, 0.15) is 11.9 Å². The molecule has 2 unspecified atom stereocenters. The Labute approximate surface area is 79.6 Å². The van der Waals surface area contributed by atoms with Crippen LogP contribution < -0.4 is 5.32 Å². The van der Waals surface area contributed by atoms with Crippen molar-refractivity contribution < 1.29 is 4.79 Å². The standard InChI is InChI=1S/C10H18N2O/c1-5-7(4)9-11-8(6(2)3)10(13)12-9/h6-8H,5H2,1-4H3,(H,11,12,13). The van der Waals surface area contributed by atoms with Gasteiger partial charge in [0.05, 0.1) is 0 Å². The van der Waals surface area contributed by atoms with Gasteiger partial charge in [0.2, 0.25) is 5.91 Å². The van der Waals surface area contributed by atoms with E-state index in [9.17, 15) is 4.79 Å². The Balaban J connectivity index is 2.71. The van der Waals surface area contributed by atoms with Crippen LogP contribution in [-0.2, 0) is 4.79 Å². The van der Waals surface area contributed by atoms with Crippen LogP contribution in [-0.4, -0.2) is 17.8 Å². The van der Waals surface area contributed by atoms with E-state index >= 15 is 0 Å². The second-order valence-electron chi connectivity index (χ2n) is 4.00. The number of carbonyl (C=O) groups is 1. The summed E-state index contributed by atoms with van der Waals surface area (Å²) < 4.78 is 0. The Hall–Kier alpha value is -0.860. The average Bonchev–Trinajstić information content (AvgIpc) is 2.46. The van der Waals surface area contributed by atoms with E-state index in [1.54, 1.807) is 0 Å². The molecule has 1 amide bonds. The van der Waals surface area contributed by atoms with Crippen LogP contribution in [0, 0.1) is 11.8 Å². The molecular weight excluding hydrogens is 164 g/mol. The van der Waals surface area contributed by atoms with E-state index in [0.29, 0.717) is 11.8 Å². The molecule has 0 radical (unpaired) electrons. The summed E-state index contributed by atoms with van der Waals surface area (Å²) in [7, 11) is 0. The second kappa shape index (κ2) is 3.90. The van der Waals surface area contributed by atoms with Crippen molar-refractivity contribution in [1.29, 1.82) is 0 Å². The Morgan fingerprint density at radius 1 is 1.46 bits per heavy atom. The van der Waals surface area contributed by atoms with E-state index < -0.39 is 0 Å². The summed E-state index contributed by atoms with van der Waals surface area (Å²) in [6, 6.07) is -0.163. The molecular formula is C10H18N2O. The van der Waals surface area contributed by atoms with Gasteiger partial charge < -0.3 is 5.32 Å². The van der Waals surface area contributed by atoms with Crippen LogP contribution in [0.4, 0.5) is 0 Å². The lowest BCUT2D eigenvalue weighted by atomic mass is 10.1. The van der Waals surface area contributed by atoms with E-state index in [1.165, 1.54) is 0 Å². The van der Waals surface area contributed by atoms with Crippen molar-refractivity contribution in [3.05, 3.63) is 0 Å². The molecule has 0 aromatic carbocycles. The van der Waals surface area contributed by atoms with Crippen molar-refractivity contribution in [3.63, 3.8) is 0 Å². The predicted octanol–water partition coefficient (Wildman–Crippen LogP) is 1.59. The van der Waals surface area contributed by atoms with Crippen molar-refractivity contribution in [2.45, 2.75) is 40.2 Å². The first-order chi connectivity index (χ1) is 6.06. The third-order valence-corrected chi connectivity index (χ3v) is 2.51. The molecule has 3 heteroatoms. The molecule has 1 rings (SSSR count). The number of amides is 1. The molecule has 74 valence electrons. The molecule has 2 atom stereocenters. The highest BCUT2D eigenvalue weighted by Gasteiger charge is 2.30. The fourth-order valence-corrected chi connectivity index (χ4v) is 1.34. The van der Waals surface area contributed by atoms with Crippen molar-refractivity contribution in [2.75, 3.05) is 0 Å². The van der Waals surface area contributed by atoms with Crippen LogP contribution in [0.2, 0.25) is 0 Å². The number of carbonyl (C=O) groups excluding carboxylic acids is 1. The average molecular weight is 182 g/mol. The lowest BCUT2D eigenvalue weighted by molar-refractivity contribution is -0.120. The quantitative estimate of drug-likeness (QED) is 0.707. The highest BCUT2D eigenvalue weighted by atomic mass is 16.2. The maximum atomic E-state index is 11.4. The maximum absolute atomic E-state index is 11.4. The number of nitrogens with zero attached hydrogens (tertiary/aromatic N) is 1. The second-order valence-corrected chi connectivity index (χ2v) is 4.00. The number of rotatable bonds is 3. The molecule has 3 nitrogen and oxygen atoms in total. The van der Waals surface area contributed by atoms with Crippen molar-refractivity contribution in [3.8, 4) is 0 Å². The monoisotopic (exact) mass is 182 g/mol. The summed E-state index contributed by atoms with van der Waals surface area (Å²) in [5.74, 6) is 1.59. The molecule has 0 saturated heterocycles. The summed E-state index contributed by atoms with van der Waals surface area (Å²) in [5, 5.41) is 2.85. The normalized spacial score (nSPS) is 24.5. The van der Waals surface area contributed by atoms with E-state index in [0.717, 1.165) is 12.3 Å². The Morgan fingerprint density at radius 2 is 2.08 bits per heavy atom. The highest BCUT2D eigenvalue weighted by molar-refractivity contribution is 6.06. The van der Waals surface area contributed by atoms with Crippen LogP contribution in [0.5, 0.6) is 0 Å². The van der Waals surface area contributed by atoms with E-state index in [1.807, 2.05) is 13.8 Å².